The lowest BCUT2D eigenvalue weighted by atomic mass is 9.78. The standard InChI is InChI=1S/C14H31BrOSi/c1-12(2,11-13(3,4)15)9-10-14(5,6)17(7,8)16/h16H,9-11H2,1-8H3. The van der Waals surface area contributed by atoms with Gasteiger partial charge in [0, 0.05) is 4.32 Å². The molecule has 1 nitrogen and oxygen atoms in total. The smallest absolute Gasteiger partial charge is 0.188 e. The molecule has 0 aliphatic rings. The Morgan fingerprint density at radius 2 is 1.35 bits per heavy atom. The van der Waals surface area contributed by atoms with E-state index in [1.807, 2.05) is 0 Å². The van der Waals surface area contributed by atoms with Gasteiger partial charge in [0.2, 0.25) is 0 Å². The van der Waals surface area contributed by atoms with Crippen LogP contribution in [0.25, 0.3) is 0 Å². The van der Waals surface area contributed by atoms with Gasteiger partial charge in [0.25, 0.3) is 0 Å². The molecule has 0 spiro atoms. The summed E-state index contributed by atoms with van der Waals surface area (Å²) in [5.41, 5.74) is 0.323. The van der Waals surface area contributed by atoms with Crippen LogP contribution < -0.4 is 0 Å². The summed E-state index contributed by atoms with van der Waals surface area (Å²) in [6.07, 6.45) is 3.44. The number of hydrogen-bond acceptors (Lipinski definition) is 1. The fourth-order valence-corrected chi connectivity index (χ4v) is 3.68. The van der Waals surface area contributed by atoms with Gasteiger partial charge >= 0.3 is 0 Å². The first-order valence-electron chi connectivity index (χ1n) is 6.58. The molecule has 0 radical (unpaired) electrons. The second kappa shape index (κ2) is 5.34. The van der Waals surface area contributed by atoms with Gasteiger partial charge in [0.05, 0.1) is 0 Å². The Labute approximate surface area is 118 Å². The molecule has 1 N–H and O–H groups in total. The molecular weight excluding hydrogens is 292 g/mol. The Kier molecular flexibility index (Phi) is 5.54. The van der Waals surface area contributed by atoms with Crippen molar-refractivity contribution in [3.05, 3.63) is 0 Å². The molecule has 0 unspecified atom stereocenters. The first-order valence-corrected chi connectivity index (χ1v) is 10.3. The lowest BCUT2D eigenvalue weighted by molar-refractivity contribution is 0.257. The van der Waals surface area contributed by atoms with Crippen LogP contribution in [0.3, 0.4) is 0 Å². The van der Waals surface area contributed by atoms with Crippen LogP contribution in [0.4, 0.5) is 0 Å². The van der Waals surface area contributed by atoms with Crippen molar-refractivity contribution in [2.45, 2.75) is 83.3 Å². The molecule has 0 aromatic rings. The Balaban J connectivity index is 4.47. The van der Waals surface area contributed by atoms with Crippen molar-refractivity contribution in [3.63, 3.8) is 0 Å². The van der Waals surface area contributed by atoms with Crippen molar-refractivity contribution in [2.24, 2.45) is 5.41 Å². The molecule has 0 saturated carbocycles. The van der Waals surface area contributed by atoms with Crippen LogP contribution in [0, 0.1) is 5.41 Å². The summed E-state index contributed by atoms with van der Waals surface area (Å²) in [6, 6.07) is 0. The van der Waals surface area contributed by atoms with E-state index in [1.165, 1.54) is 6.42 Å². The summed E-state index contributed by atoms with van der Waals surface area (Å²) in [5, 5.41) is 0.0979. The maximum atomic E-state index is 10.3. The monoisotopic (exact) mass is 322 g/mol. The summed E-state index contributed by atoms with van der Waals surface area (Å²) in [4.78, 5) is 10.3. The third-order valence-electron chi connectivity index (χ3n) is 3.98. The van der Waals surface area contributed by atoms with Crippen LogP contribution in [0.5, 0.6) is 0 Å². The highest BCUT2D eigenvalue weighted by Gasteiger charge is 2.39. The topological polar surface area (TPSA) is 20.2 Å². The lowest BCUT2D eigenvalue weighted by Crippen LogP contribution is -2.39. The van der Waals surface area contributed by atoms with Crippen molar-refractivity contribution in [1.29, 1.82) is 0 Å². The minimum atomic E-state index is -2.05. The van der Waals surface area contributed by atoms with Crippen molar-refractivity contribution in [1.82, 2.24) is 0 Å². The average Bonchev–Trinajstić information content (AvgIpc) is 1.94. The largest absolute Gasteiger partial charge is 0.432 e. The molecule has 0 rings (SSSR count). The molecular formula is C14H31BrOSi. The van der Waals surface area contributed by atoms with Gasteiger partial charge in [-0.1, -0.05) is 57.5 Å². The van der Waals surface area contributed by atoms with E-state index in [1.54, 1.807) is 0 Å². The van der Waals surface area contributed by atoms with E-state index in [0.717, 1.165) is 12.8 Å². The maximum Gasteiger partial charge on any atom is 0.188 e. The third kappa shape index (κ3) is 6.97. The zero-order valence-corrected chi connectivity index (χ0v) is 15.5. The second-order valence-corrected chi connectivity index (χ2v) is 14.6. The molecule has 0 fully saturated rings. The highest BCUT2D eigenvalue weighted by molar-refractivity contribution is 9.10. The Morgan fingerprint density at radius 1 is 0.941 bits per heavy atom. The number of halogens is 1. The molecule has 3 heteroatoms. The zero-order valence-electron chi connectivity index (χ0n) is 12.9. The van der Waals surface area contributed by atoms with Gasteiger partial charge in [-0.3, -0.25) is 0 Å². The van der Waals surface area contributed by atoms with Gasteiger partial charge in [-0.25, -0.2) is 0 Å². The van der Waals surface area contributed by atoms with Crippen molar-refractivity contribution in [2.75, 3.05) is 0 Å². The molecule has 0 bridgehead atoms. The second-order valence-electron chi connectivity index (χ2n) is 8.00. The highest BCUT2D eigenvalue weighted by Crippen LogP contribution is 2.45. The van der Waals surface area contributed by atoms with Crippen molar-refractivity contribution < 1.29 is 4.80 Å². The van der Waals surface area contributed by atoms with Gasteiger partial charge in [0.15, 0.2) is 8.32 Å². The fourth-order valence-electron chi connectivity index (χ4n) is 2.18. The Hall–Kier alpha value is 0.657. The summed E-state index contributed by atoms with van der Waals surface area (Å²) in [5.74, 6) is 0. The molecule has 0 heterocycles. The minimum Gasteiger partial charge on any atom is -0.432 e. The van der Waals surface area contributed by atoms with Gasteiger partial charge in [-0.2, -0.15) is 0 Å². The molecule has 0 atom stereocenters. The predicted octanol–water partition coefficient (Wildman–Crippen LogP) is 5.33. The number of rotatable bonds is 6. The maximum absolute atomic E-state index is 10.3. The summed E-state index contributed by atoms with van der Waals surface area (Å²) < 4.78 is 0.201. The molecule has 0 saturated heterocycles. The van der Waals surface area contributed by atoms with Gasteiger partial charge in [0.1, 0.15) is 0 Å². The molecule has 0 aliphatic carbocycles. The van der Waals surface area contributed by atoms with Crippen LogP contribution in [0.2, 0.25) is 18.1 Å². The van der Waals surface area contributed by atoms with E-state index >= 15 is 0 Å². The number of alkyl halides is 1. The van der Waals surface area contributed by atoms with E-state index in [9.17, 15) is 4.80 Å². The SMILES string of the molecule is CC(C)(Br)CC(C)(C)CCC(C)(C)[Si](C)(C)O. The highest BCUT2D eigenvalue weighted by atomic mass is 79.9. The first-order chi connectivity index (χ1) is 7.16. The molecule has 0 aromatic carbocycles. The zero-order chi connectivity index (χ0) is 14.1. The molecule has 0 aromatic heterocycles. The Bertz CT molecular complexity index is 246. The lowest BCUT2D eigenvalue weighted by Gasteiger charge is -2.39. The average molecular weight is 323 g/mol. The molecule has 0 amide bonds. The van der Waals surface area contributed by atoms with Gasteiger partial charge in [-0.15, -0.1) is 0 Å². The quantitative estimate of drug-likeness (QED) is 0.517. The van der Waals surface area contributed by atoms with Crippen LogP contribution in [0.15, 0.2) is 0 Å². The molecule has 104 valence electrons. The van der Waals surface area contributed by atoms with Crippen LogP contribution in [0.1, 0.15) is 60.8 Å². The number of hydrogen-bond donors (Lipinski definition) is 1. The summed E-state index contributed by atoms with van der Waals surface area (Å²) in [7, 11) is -2.05. The van der Waals surface area contributed by atoms with Gasteiger partial charge < -0.3 is 4.80 Å². The van der Waals surface area contributed by atoms with Crippen molar-refractivity contribution >= 4 is 24.2 Å². The van der Waals surface area contributed by atoms with Crippen LogP contribution >= 0.6 is 15.9 Å². The van der Waals surface area contributed by atoms with Crippen LogP contribution in [-0.4, -0.2) is 17.4 Å². The fraction of sp³-hybridized carbons (Fsp3) is 1.00. The predicted molar refractivity (Wildman–Crippen MR) is 84.4 cm³/mol. The summed E-state index contributed by atoms with van der Waals surface area (Å²) >= 11 is 3.73. The van der Waals surface area contributed by atoms with E-state index in [-0.39, 0.29) is 9.36 Å². The Morgan fingerprint density at radius 3 is 1.65 bits per heavy atom. The van der Waals surface area contributed by atoms with E-state index < -0.39 is 8.32 Å². The van der Waals surface area contributed by atoms with Gasteiger partial charge in [-0.05, 0) is 42.8 Å². The normalized spacial score (nSPS) is 15.2. The van der Waals surface area contributed by atoms with E-state index in [4.69, 9.17) is 0 Å². The minimum absolute atomic E-state index is 0.0979. The summed E-state index contributed by atoms with van der Waals surface area (Å²) in [6.45, 7) is 17.7. The van der Waals surface area contributed by atoms with Crippen molar-refractivity contribution in [3.8, 4) is 0 Å². The molecule has 0 aliphatic heterocycles. The first kappa shape index (κ1) is 17.7. The van der Waals surface area contributed by atoms with E-state index in [2.05, 4.69) is 70.6 Å². The third-order valence-corrected chi connectivity index (χ3v) is 7.82. The molecule has 17 heavy (non-hydrogen) atoms. The van der Waals surface area contributed by atoms with Crippen LogP contribution in [-0.2, 0) is 0 Å². The van der Waals surface area contributed by atoms with E-state index in [0.29, 0.717) is 5.41 Å².